The Morgan fingerprint density at radius 3 is 2.77 bits per heavy atom. The van der Waals surface area contributed by atoms with Gasteiger partial charge in [-0.2, -0.15) is 0 Å². The molecule has 0 aliphatic carbocycles. The molecule has 0 aliphatic heterocycles. The van der Waals surface area contributed by atoms with E-state index < -0.39 is 12.1 Å². The molecule has 13 heavy (non-hydrogen) atoms. The lowest BCUT2D eigenvalue weighted by molar-refractivity contribution is -0.146. The third-order valence-corrected chi connectivity index (χ3v) is 1.98. The Hall–Kier alpha value is -1.13. The van der Waals surface area contributed by atoms with Gasteiger partial charge in [0.15, 0.2) is 6.10 Å². The second-order valence-corrected chi connectivity index (χ2v) is 2.98. The normalized spacial score (nSPS) is 12.5. The number of hydrogen-bond donors (Lipinski definition) is 2. The van der Waals surface area contributed by atoms with Crippen molar-refractivity contribution in [3.63, 3.8) is 0 Å². The number of aliphatic hydroxyl groups is 1. The SMILES string of the molecule is Cc1cc(C(O)C(=O)O)cnc1Cl. The predicted octanol–water partition coefficient (Wildman–Crippen LogP) is 1.16. The van der Waals surface area contributed by atoms with Crippen molar-refractivity contribution in [3.8, 4) is 0 Å². The highest BCUT2D eigenvalue weighted by atomic mass is 35.5. The molecule has 0 amide bonds. The highest BCUT2D eigenvalue weighted by Gasteiger charge is 2.16. The molecule has 70 valence electrons. The topological polar surface area (TPSA) is 70.4 Å². The van der Waals surface area contributed by atoms with Gasteiger partial charge in [0.25, 0.3) is 0 Å². The largest absolute Gasteiger partial charge is 0.479 e. The summed E-state index contributed by atoms with van der Waals surface area (Å²) >= 11 is 5.62. The standard InChI is InChI=1S/C8H8ClNO3/c1-4-2-5(3-10-7(4)9)6(11)8(12)13/h2-3,6,11H,1H3,(H,12,13). The van der Waals surface area contributed by atoms with Gasteiger partial charge < -0.3 is 10.2 Å². The summed E-state index contributed by atoms with van der Waals surface area (Å²) in [4.78, 5) is 14.1. The van der Waals surface area contributed by atoms with Gasteiger partial charge in [0.05, 0.1) is 0 Å². The first-order valence-electron chi connectivity index (χ1n) is 3.55. The molecule has 0 bridgehead atoms. The maximum Gasteiger partial charge on any atom is 0.337 e. The van der Waals surface area contributed by atoms with Gasteiger partial charge in [-0.15, -0.1) is 0 Å². The molecule has 1 aromatic rings. The quantitative estimate of drug-likeness (QED) is 0.705. The first-order valence-corrected chi connectivity index (χ1v) is 3.93. The zero-order valence-corrected chi connectivity index (χ0v) is 7.62. The maximum atomic E-state index is 10.4. The third-order valence-electron chi connectivity index (χ3n) is 1.59. The van der Waals surface area contributed by atoms with Gasteiger partial charge in [-0.25, -0.2) is 9.78 Å². The molecule has 5 heteroatoms. The van der Waals surface area contributed by atoms with E-state index in [0.29, 0.717) is 10.7 Å². The molecule has 0 aromatic carbocycles. The Morgan fingerprint density at radius 2 is 2.31 bits per heavy atom. The molecule has 2 N–H and O–H groups in total. The van der Waals surface area contributed by atoms with Crippen LogP contribution in [0.5, 0.6) is 0 Å². The number of halogens is 1. The monoisotopic (exact) mass is 201 g/mol. The molecule has 1 atom stereocenters. The van der Waals surface area contributed by atoms with Gasteiger partial charge in [0.2, 0.25) is 0 Å². The van der Waals surface area contributed by atoms with Crippen LogP contribution in [0.15, 0.2) is 12.3 Å². The number of hydrogen-bond acceptors (Lipinski definition) is 3. The number of carbonyl (C=O) groups is 1. The summed E-state index contributed by atoms with van der Waals surface area (Å²) in [5, 5.41) is 17.9. The van der Waals surface area contributed by atoms with E-state index in [-0.39, 0.29) is 5.56 Å². The maximum absolute atomic E-state index is 10.4. The van der Waals surface area contributed by atoms with Crippen LogP contribution in [0.3, 0.4) is 0 Å². The van der Waals surface area contributed by atoms with Crippen LogP contribution in [0.25, 0.3) is 0 Å². The second-order valence-electron chi connectivity index (χ2n) is 2.62. The fraction of sp³-hybridized carbons (Fsp3) is 0.250. The number of carboxylic acid groups (broad SMARTS) is 1. The van der Waals surface area contributed by atoms with Gasteiger partial charge in [0.1, 0.15) is 5.15 Å². The lowest BCUT2D eigenvalue weighted by atomic mass is 10.1. The van der Waals surface area contributed by atoms with Gasteiger partial charge in [-0.3, -0.25) is 0 Å². The summed E-state index contributed by atoms with van der Waals surface area (Å²) in [5.41, 5.74) is 0.869. The molecule has 1 unspecified atom stereocenters. The summed E-state index contributed by atoms with van der Waals surface area (Å²) < 4.78 is 0. The van der Waals surface area contributed by atoms with Gasteiger partial charge >= 0.3 is 5.97 Å². The summed E-state index contributed by atoms with van der Waals surface area (Å²) in [5.74, 6) is -1.30. The van der Waals surface area contributed by atoms with E-state index in [9.17, 15) is 4.79 Å². The van der Waals surface area contributed by atoms with Gasteiger partial charge in [-0.1, -0.05) is 11.6 Å². The van der Waals surface area contributed by atoms with E-state index in [1.165, 1.54) is 12.3 Å². The average Bonchev–Trinajstić information content (AvgIpc) is 2.08. The minimum absolute atomic E-state index is 0.231. The van der Waals surface area contributed by atoms with Gasteiger partial charge in [0, 0.05) is 11.8 Å². The number of carboxylic acids is 1. The fourth-order valence-corrected chi connectivity index (χ4v) is 0.975. The van der Waals surface area contributed by atoms with Crippen LogP contribution in [0.2, 0.25) is 5.15 Å². The van der Waals surface area contributed by atoms with Crippen molar-refractivity contribution < 1.29 is 15.0 Å². The van der Waals surface area contributed by atoms with Crippen LogP contribution in [-0.4, -0.2) is 21.2 Å². The van der Waals surface area contributed by atoms with Crippen molar-refractivity contribution in [1.82, 2.24) is 4.98 Å². The number of aliphatic carboxylic acids is 1. The van der Waals surface area contributed by atoms with E-state index in [1.807, 2.05) is 0 Å². The van der Waals surface area contributed by atoms with Crippen molar-refractivity contribution in [2.24, 2.45) is 0 Å². The van der Waals surface area contributed by atoms with Crippen molar-refractivity contribution >= 4 is 17.6 Å². The van der Waals surface area contributed by atoms with Crippen molar-refractivity contribution in [1.29, 1.82) is 0 Å². The zero-order chi connectivity index (χ0) is 10.0. The Bertz CT molecular complexity index is 340. The Kier molecular flexibility index (Phi) is 2.85. The predicted molar refractivity (Wildman–Crippen MR) is 46.6 cm³/mol. The number of rotatable bonds is 2. The molecule has 0 saturated carbocycles. The minimum atomic E-state index is -1.54. The molecule has 0 fully saturated rings. The van der Waals surface area contributed by atoms with Crippen LogP contribution in [0.4, 0.5) is 0 Å². The highest BCUT2D eigenvalue weighted by molar-refractivity contribution is 6.30. The first kappa shape index (κ1) is 9.95. The Labute approximate surface area is 79.8 Å². The van der Waals surface area contributed by atoms with Crippen LogP contribution < -0.4 is 0 Å². The molecular weight excluding hydrogens is 194 g/mol. The van der Waals surface area contributed by atoms with Crippen LogP contribution in [0, 0.1) is 6.92 Å². The Balaban J connectivity index is 3.03. The smallest absolute Gasteiger partial charge is 0.337 e. The average molecular weight is 202 g/mol. The minimum Gasteiger partial charge on any atom is -0.479 e. The number of aliphatic hydroxyl groups excluding tert-OH is 1. The number of aryl methyl sites for hydroxylation is 1. The van der Waals surface area contributed by atoms with E-state index in [1.54, 1.807) is 6.92 Å². The first-order chi connectivity index (χ1) is 6.02. The summed E-state index contributed by atoms with van der Waals surface area (Å²) in [6, 6.07) is 1.49. The number of nitrogens with zero attached hydrogens (tertiary/aromatic N) is 1. The van der Waals surface area contributed by atoms with E-state index >= 15 is 0 Å². The number of pyridine rings is 1. The van der Waals surface area contributed by atoms with Crippen molar-refractivity contribution in [2.45, 2.75) is 13.0 Å². The van der Waals surface area contributed by atoms with E-state index in [4.69, 9.17) is 21.8 Å². The lowest BCUT2D eigenvalue weighted by Crippen LogP contribution is -2.10. The lowest BCUT2D eigenvalue weighted by Gasteiger charge is -2.06. The van der Waals surface area contributed by atoms with E-state index in [2.05, 4.69) is 4.98 Å². The highest BCUT2D eigenvalue weighted by Crippen LogP contribution is 2.17. The van der Waals surface area contributed by atoms with Crippen LogP contribution >= 0.6 is 11.6 Å². The zero-order valence-electron chi connectivity index (χ0n) is 6.86. The van der Waals surface area contributed by atoms with Crippen molar-refractivity contribution in [3.05, 3.63) is 28.5 Å². The molecular formula is C8H8ClNO3. The number of aromatic nitrogens is 1. The summed E-state index contributed by atoms with van der Waals surface area (Å²) in [6.45, 7) is 1.69. The molecule has 4 nitrogen and oxygen atoms in total. The van der Waals surface area contributed by atoms with Crippen LogP contribution in [-0.2, 0) is 4.79 Å². The second kappa shape index (κ2) is 3.72. The molecule has 0 aliphatic rings. The fourth-order valence-electron chi connectivity index (χ4n) is 0.872. The molecule has 0 spiro atoms. The molecule has 0 radical (unpaired) electrons. The molecule has 1 heterocycles. The Morgan fingerprint density at radius 1 is 1.69 bits per heavy atom. The molecule has 1 aromatic heterocycles. The third kappa shape index (κ3) is 2.17. The molecule has 0 saturated heterocycles. The van der Waals surface area contributed by atoms with Gasteiger partial charge in [-0.05, 0) is 18.6 Å². The summed E-state index contributed by atoms with van der Waals surface area (Å²) in [6.07, 6.45) is -0.294. The molecule has 1 rings (SSSR count). The summed E-state index contributed by atoms with van der Waals surface area (Å²) in [7, 11) is 0. The van der Waals surface area contributed by atoms with Crippen molar-refractivity contribution in [2.75, 3.05) is 0 Å². The van der Waals surface area contributed by atoms with E-state index in [0.717, 1.165) is 0 Å². The van der Waals surface area contributed by atoms with Crippen LogP contribution in [0.1, 0.15) is 17.2 Å².